The molecule has 0 aromatic heterocycles. The molecular weight excluding hydrogens is 334 g/mol. The van der Waals surface area contributed by atoms with Gasteiger partial charge in [-0.15, -0.1) is 0 Å². The van der Waals surface area contributed by atoms with Crippen molar-refractivity contribution in [3.05, 3.63) is 23.2 Å². The lowest BCUT2D eigenvalue weighted by Crippen LogP contribution is -2.43. The first-order chi connectivity index (χ1) is 11.2. The Morgan fingerprint density at radius 3 is 3.00 bits per heavy atom. The fraction of sp³-hybridized carbons (Fsp3) is 0.562. The molecule has 23 heavy (non-hydrogen) atoms. The predicted octanol–water partition coefficient (Wildman–Crippen LogP) is 2.21. The number of hydrogen-bond acceptors (Lipinski definition) is 5. The molecule has 1 amide bonds. The van der Waals surface area contributed by atoms with Gasteiger partial charge >= 0.3 is 0 Å². The summed E-state index contributed by atoms with van der Waals surface area (Å²) in [5.41, 5.74) is 1.85. The van der Waals surface area contributed by atoms with Crippen LogP contribution in [0.15, 0.2) is 18.2 Å². The van der Waals surface area contributed by atoms with Gasteiger partial charge < -0.3 is 20.3 Å². The Balaban J connectivity index is 1.67. The number of thioether (sulfide) groups is 1. The smallest absolute Gasteiger partial charge is 0.226 e. The molecule has 0 bridgehead atoms. The van der Waals surface area contributed by atoms with Crippen molar-refractivity contribution in [2.45, 2.75) is 12.5 Å². The molecular formula is C16H22ClN3O2S. The van der Waals surface area contributed by atoms with Crippen LogP contribution in [0.2, 0.25) is 5.02 Å². The molecule has 3 rings (SSSR count). The summed E-state index contributed by atoms with van der Waals surface area (Å²) in [7, 11) is 0. The fourth-order valence-electron chi connectivity index (χ4n) is 2.86. The number of halogens is 1. The van der Waals surface area contributed by atoms with E-state index in [9.17, 15) is 4.79 Å². The summed E-state index contributed by atoms with van der Waals surface area (Å²) in [6, 6.07) is 5.79. The normalized spacial score (nSPS) is 22.0. The largest absolute Gasteiger partial charge is 0.378 e. The molecule has 1 aromatic rings. The van der Waals surface area contributed by atoms with Gasteiger partial charge in [0.2, 0.25) is 5.91 Å². The number of anilines is 2. The lowest BCUT2D eigenvalue weighted by molar-refractivity contribution is -0.117. The van der Waals surface area contributed by atoms with Gasteiger partial charge in [-0.2, -0.15) is 11.8 Å². The fourth-order valence-corrected chi connectivity index (χ4v) is 3.94. The maximum Gasteiger partial charge on any atom is 0.226 e. The number of ether oxygens (including phenoxy) is 1. The monoisotopic (exact) mass is 355 g/mol. The van der Waals surface area contributed by atoms with E-state index in [1.54, 1.807) is 0 Å². The van der Waals surface area contributed by atoms with Gasteiger partial charge in [-0.25, -0.2) is 0 Å². The molecule has 126 valence electrons. The predicted molar refractivity (Wildman–Crippen MR) is 96.8 cm³/mol. The van der Waals surface area contributed by atoms with Crippen LogP contribution in [-0.4, -0.2) is 56.3 Å². The van der Waals surface area contributed by atoms with Crippen LogP contribution < -0.4 is 15.5 Å². The second kappa shape index (κ2) is 8.24. The maximum absolute atomic E-state index is 12.4. The average molecular weight is 356 g/mol. The molecule has 2 N–H and O–H groups in total. The third-order valence-corrected chi connectivity index (χ3v) is 5.19. The zero-order valence-corrected chi connectivity index (χ0v) is 14.6. The van der Waals surface area contributed by atoms with E-state index in [1.807, 2.05) is 30.0 Å². The molecule has 2 aliphatic rings. The summed E-state index contributed by atoms with van der Waals surface area (Å²) in [6.45, 7) is 4.08. The number of benzene rings is 1. The van der Waals surface area contributed by atoms with Crippen molar-refractivity contribution < 1.29 is 9.53 Å². The van der Waals surface area contributed by atoms with Crippen molar-refractivity contribution in [3.63, 3.8) is 0 Å². The third kappa shape index (κ3) is 4.76. The van der Waals surface area contributed by atoms with Gasteiger partial charge in [0.15, 0.2) is 0 Å². The minimum absolute atomic E-state index is 0.0112. The molecule has 1 atom stereocenters. The van der Waals surface area contributed by atoms with Crippen LogP contribution in [-0.2, 0) is 9.53 Å². The van der Waals surface area contributed by atoms with Crippen LogP contribution in [0.1, 0.15) is 6.42 Å². The highest BCUT2D eigenvalue weighted by atomic mass is 35.5. The Hall–Kier alpha value is -0.950. The zero-order chi connectivity index (χ0) is 16.1. The number of nitrogens with zero attached hydrogens (tertiary/aromatic N) is 1. The Bertz CT molecular complexity index is 546. The van der Waals surface area contributed by atoms with Crippen LogP contribution in [0.3, 0.4) is 0 Å². The topological polar surface area (TPSA) is 53.6 Å². The van der Waals surface area contributed by atoms with Gasteiger partial charge in [-0.3, -0.25) is 4.79 Å². The van der Waals surface area contributed by atoms with Crippen LogP contribution in [0, 0.1) is 0 Å². The first-order valence-electron chi connectivity index (χ1n) is 7.95. The summed E-state index contributed by atoms with van der Waals surface area (Å²) in [5, 5.41) is 6.96. The Labute approximate surface area is 146 Å². The highest BCUT2D eigenvalue weighted by Gasteiger charge is 2.20. The summed E-state index contributed by atoms with van der Waals surface area (Å²) in [6.07, 6.45) is 0.405. The van der Waals surface area contributed by atoms with Gasteiger partial charge in [0.05, 0.1) is 24.6 Å². The molecule has 0 aliphatic carbocycles. The van der Waals surface area contributed by atoms with Crippen molar-refractivity contribution in [3.8, 4) is 0 Å². The van der Waals surface area contributed by atoms with E-state index in [1.165, 1.54) is 0 Å². The molecule has 2 fully saturated rings. The second-order valence-corrected chi connectivity index (χ2v) is 7.40. The Morgan fingerprint density at radius 1 is 1.43 bits per heavy atom. The number of carbonyl (C=O) groups excluding carboxylic acids is 1. The quantitative estimate of drug-likeness (QED) is 0.867. The maximum atomic E-state index is 12.4. The van der Waals surface area contributed by atoms with Gasteiger partial charge in [-0.05, 0) is 18.2 Å². The molecule has 2 saturated heterocycles. The van der Waals surface area contributed by atoms with Crippen LogP contribution in [0.4, 0.5) is 11.4 Å². The summed E-state index contributed by atoms with van der Waals surface area (Å²) in [5.74, 6) is 2.21. The van der Waals surface area contributed by atoms with Crippen LogP contribution in [0.25, 0.3) is 0 Å². The summed E-state index contributed by atoms with van der Waals surface area (Å²) >= 11 is 8.09. The Kier molecular flexibility index (Phi) is 6.05. The number of carbonyl (C=O) groups is 1. The van der Waals surface area contributed by atoms with Crippen molar-refractivity contribution in [1.29, 1.82) is 0 Å². The van der Waals surface area contributed by atoms with E-state index in [0.717, 1.165) is 42.5 Å². The van der Waals surface area contributed by atoms with Gasteiger partial charge in [0, 0.05) is 48.6 Å². The molecule has 2 heterocycles. The molecule has 5 nitrogen and oxygen atoms in total. The van der Waals surface area contributed by atoms with Gasteiger partial charge in [-0.1, -0.05) is 11.6 Å². The van der Waals surface area contributed by atoms with Crippen molar-refractivity contribution in [1.82, 2.24) is 5.32 Å². The number of amides is 1. The number of hydrogen-bond donors (Lipinski definition) is 2. The molecule has 7 heteroatoms. The molecule has 0 spiro atoms. The van der Waals surface area contributed by atoms with E-state index in [0.29, 0.717) is 24.7 Å². The number of nitrogens with one attached hydrogen (secondary N) is 2. The standard InChI is InChI=1S/C16H22ClN3O2S/c17-12-1-2-15(20-4-7-23-8-5-20)14(9-12)19-16(21)10-13-11-22-6-3-18-13/h1-2,9,13,18H,3-8,10-11H2,(H,19,21). The van der Waals surface area contributed by atoms with Gasteiger partial charge in [0.1, 0.15) is 0 Å². The molecule has 1 unspecified atom stereocenters. The minimum atomic E-state index is -0.0112. The molecule has 1 aromatic carbocycles. The number of morpholine rings is 1. The van der Waals surface area contributed by atoms with E-state index < -0.39 is 0 Å². The first-order valence-corrected chi connectivity index (χ1v) is 9.49. The molecule has 2 aliphatic heterocycles. The summed E-state index contributed by atoms with van der Waals surface area (Å²) in [4.78, 5) is 14.7. The zero-order valence-electron chi connectivity index (χ0n) is 13.0. The lowest BCUT2D eigenvalue weighted by atomic mass is 10.1. The van der Waals surface area contributed by atoms with E-state index >= 15 is 0 Å². The van der Waals surface area contributed by atoms with Gasteiger partial charge in [0.25, 0.3) is 0 Å². The van der Waals surface area contributed by atoms with E-state index in [-0.39, 0.29) is 11.9 Å². The van der Waals surface area contributed by atoms with Crippen LogP contribution in [0.5, 0.6) is 0 Å². The molecule has 0 saturated carbocycles. The van der Waals surface area contributed by atoms with Crippen molar-refractivity contribution >= 4 is 40.6 Å². The second-order valence-electron chi connectivity index (χ2n) is 5.74. The molecule has 0 radical (unpaired) electrons. The SMILES string of the molecule is O=C(CC1COCCN1)Nc1cc(Cl)ccc1N1CCSCC1. The highest BCUT2D eigenvalue weighted by molar-refractivity contribution is 7.99. The van der Waals surface area contributed by atoms with E-state index in [2.05, 4.69) is 15.5 Å². The van der Waals surface area contributed by atoms with Crippen molar-refractivity contribution in [2.75, 3.05) is 54.6 Å². The van der Waals surface area contributed by atoms with Crippen LogP contribution >= 0.6 is 23.4 Å². The van der Waals surface area contributed by atoms with Crippen molar-refractivity contribution in [2.24, 2.45) is 0 Å². The third-order valence-electron chi connectivity index (χ3n) is 4.01. The lowest BCUT2D eigenvalue weighted by Gasteiger charge is -2.30. The average Bonchev–Trinajstić information content (AvgIpc) is 2.56. The van der Waals surface area contributed by atoms with E-state index in [4.69, 9.17) is 16.3 Å². The highest BCUT2D eigenvalue weighted by Crippen LogP contribution is 2.31. The minimum Gasteiger partial charge on any atom is -0.378 e. The number of rotatable bonds is 4. The Morgan fingerprint density at radius 2 is 2.26 bits per heavy atom. The first kappa shape index (κ1) is 16.9. The summed E-state index contributed by atoms with van der Waals surface area (Å²) < 4.78 is 5.40.